The number of nitrogens with one attached hydrogen (secondary N) is 2. The summed E-state index contributed by atoms with van der Waals surface area (Å²) in [6, 6.07) is 0. The fourth-order valence-corrected chi connectivity index (χ4v) is 0.739. The zero-order valence-corrected chi connectivity index (χ0v) is 6.04. The summed E-state index contributed by atoms with van der Waals surface area (Å²) in [6.07, 6.45) is 0. The number of hydrogen-bond donors (Lipinski definition) is 2. The molecule has 0 radical (unpaired) electrons. The second-order valence-electron chi connectivity index (χ2n) is 2.39. The quantitative estimate of drug-likeness (QED) is 0.514. The van der Waals surface area contributed by atoms with Crippen molar-refractivity contribution in [2.75, 3.05) is 13.1 Å². The summed E-state index contributed by atoms with van der Waals surface area (Å²) in [5.74, 6) is 0.847. The summed E-state index contributed by atoms with van der Waals surface area (Å²) < 4.78 is 0. The van der Waals surface area contributed by atoms with Crippen LogP contribution >= 0.6 is 0 Å². The average molecular weight is 136 g/mol. The van der Waals surface area contributed by atoms with Gasteiger partial charge in [-0.25, -0.2) is 0 Å². The molecule has 1 fully saturated rings. The average Bonchev–Trinajstić information content (AvgIpc) is 2.04. The second-order valence-corrected chi connectivity index (χ2v) is 2.39. The van der Waals surface area contributed by atoms with Crippen LogP contribution in [0.3, 0.4) is 0 Å². The van der Waals surface area contributed by atoms with Gasteiger partial charge in [-0.15, -0.1) is 0 Å². The van der Waals surface area contributed by atoms with E-state index in [1.165, 1.54) is 0 Å². The molecule has 0 unspecified atom stereocenters. The zero-order valence-electron chi connectivity index (χ0n) is 6.04. The van der Waals surface area contributed by atoms with Crippen molar-refractivity contribution in [3.05, 3.63) is 36.7 Å². The van der Waals surface area contributed by atoms with Crippen LogP contribution in [-0.2, 0) is 0 Å². The van der Waals surface area contributed by atoms with Crippen molar-refractivity contribution in [1.29, 1.82) is 0 Å². The maximum Gasteiger partial charge on any atom is 0.0917 e. The second kappa shape index (κ2) is 2.60. The Hall–Kier alpha value is -1.18. The molecule has 1 rings (SSSR count). The van der Waals surface area contributed by atoms with Gasteiger partial charge in [0.1, 0.15) is 0 Å². The van der Waals surface area contributed by atoms with Gasteiger partial charge in [0.15, 0.2) is 0 Å². The molecule has 0 atom stereocenters. The van der Waals surface area contributed by atoms with Gasteiger partial charge in [-0.05, 0) is 11.1 Å². The molecule has 1 aliphatic heterocycles. The van der Waals surface area contributed by atoms with E-state index in [2.05, 4.69) is 30.4 Å². The normalized spacial score (nSPS) is 19.4. The number of rotatable bonds is 0. The van der Waals surface area contributed by atoms with Crippen molar-refractivity contribution in [1.82, 2.24) is 10.6 Å². The van der Waals surface area contributed by atoms with E-state index in [0.29, 0.717) is 0 Å². The van der Waals surface area contributed by atoms with Gasteiger partial charge < -0.3 is 10.6 Å². The third-order valence-electron chi connectivity index (χ3n) is 1.53. The van der Waals surface area contributed by atoms with Crippen LogP contribution in [-0.4, -0.2) is 13.1 Å². The SMILES string of the molecule is C=C1NCC(=C)C(=C)CN1. The first-order chi connectivity index (χ1) is 4.70. The van der Waals surface area contributed by atoms with E-state index in [9.17, 15) is 0 Å². The van der Waals surface area contributed by atoms with E-state index in [1.807, 2.05) is 0 Å². The molecule has 0 aliphatic carbocycles. The van der Waals surface area contributed by atoms with Crippen LogP contribution in [0.2, 0.25) is 0 Å². The summed E-state index contributed by atoms with van der Waals surface area (Å²) in [4.78, 5) is 0. The minimum Gasteiger partial charge on any atom is -0.368 e. The summed E-state index contributed by atoms with van der Waals surface area (Å²) in [6.45, 7) is 12.9. The van der Waals surface area contributed by atoms with Crippen molar-refractivity contribution in [3.63, 3.8) is 0 Å². The van der Waals surface area contributed by atoms with E-state index in [4.69, 9.17) is 0 Å². The molecule has 54 valence electrons. The fourth-order valence-electron chi connectivity index (χ4n) is 0.739. The molecule has 0 aromatic carbocycles. The third kappa shape index (κ3) is 1.41. The van der Waals surface area contributed by atoms with Gasteiger partial charge in [-0.3, -0.25) is 0 Å². The van der Waals surface area contributed by atoms with Crippen LogP contribution in [0.15, 0.2) is 36.7 Å². The highest BCUT2D eigenvalue weighted by atomic mass is 15.1. The first kappa shape index (κ1) is 6.93. The summed E-state index contributed by atoms with van der Waals surface area (Å²) >= 11 is 0. The Balaban J connectivity index is 2.63. The van der Waals surface area contributed by atoms with Gasteiger partial charge in [0.05, 0.1) is 5.82 Å². The highest BCUT2D eigenvalue weighted by Gasteiger charge is 2.05. The molecule has 0 aromatic rings. The van der Waals surface area contributed by atoms with Crippen molar-refractivity contribution < 1.29 is 0 Å². The fraction of sp³-hybridized carbons (Fsp3) is 0.250. The van der Waals surface area contributed by atoms with Crippen molar-refractivity contribution >= 4 is 0 Å². The lowest BCUT2D eigenvalue weighted by Crippen LogP contribution is -2.22. The summed E-state index contributed by atoms with van der Waals surface area (Å²) in [5.41, 5.74) is 2.09. The standard InChI is InChI=1S/C8H12N2/c1-6-4-9-8(3)10-5-7(6)2/h9-10H,1-5H2. The minimum absolute atomic E-state index is 0.755. The molecular weight excluding hydrogens is 124 g/mol. The van der Waals surface area contributed by atoms with Crippen LogP contribution in [0, 0.1) is 0 Å². The zero-order chi connectivity index (χ0) is 7.56. The van der Waals surface area contributed by atoms with E-state index in [-0.39, 0.29) is 0 Å². The maximum absolute atomic E-state index is 3.85. The molecule has 1 aliphatic rings. The van der Waals surface area contributed by atoms with Crippen molar-refractivity contribution in [3.8, 4) is 0 Å². The topological polar surface area (TPSA) is 24.1 Å². The molecular formula is C8H12N2. The molecule has 2 heteroatoms. The van der Waals surface area contributed by atoms with Crippen LogP contribution in [0.5, 0.6) is 0 Å². The van der Waals surface area contributed by atoms with E-state index >= 15 is 0 Å². The molecule has 0 aromatic heterocycles. The predicted molar refractivity (Wildman–Crippen MR) is 43.4 cm³/mol. The first-order valence-electron chi connectivity index (χ1n) is 3.22. The molecule has 0 bridgehead atoms. The molecule has 2 nitrogen and oxygen atoms in total. The van der Waals surface area contributed by atoms with Crippen molar-refractivity contribution in [2.24, 2.45) is 0 Å². The van der Waals surface area contributed by atoms with Gasteiger partial charge in [0.25, 0.3) is 0 Å². The highest BCUT2D eigenvalue weighted by Crippen LogP contribution is 2.05. The summed E-state index contributed by atoms with van der Waals surface area (Å²) in [5, 5.41) is 6.12. The monoisotopic (exact) mass is 136 g/mol. The highest BCUT2D eigenvalue weighted by molar-refractivity contribution is 5.30. The van der Waals surface area contributed by atoms with Gasteiger partial charge in [0, 0.05) is 13.1 Å². The van der Waals surface area contributed by atoms with Crippen LogP contribution in [0.25, 0.3) is 0 Å². The van der Waals surface area contributed by atoms with Crippen LogP contribution in [0.1, 0.15) is 0 Å². The smallest absolute Gasteiger partial charge is 0.0917 e. The Morgan fingerprint density at radius 3 is 1.70 bits per heavy atom. The lowest BCUT2D eigenvalue weighted by molar-refractivity contribution is 0.791. The first-order valence-corrected chi connectivity index (χ1v) is 3.22. The molecule has 1 saturated heterocycles. The van der Waals surface area contributed by atoms with E-state index in [0.717, 1.165) is 30.1 Å². The Kier molecular flexibility index (Phi) is 1.81. The summed E-state index contributed by atoms with van der Waals surface area (Å²) in [7, 11) is 0. The molecule has 0 spiro atoms. The Bertz CT molecular complexity index is 171. The van der Waals surface area contributed by atoms with Crippen LogP contribution in [0.4, 0.5) is 0 Å². The lowest BCUT2D eigenvalue weighted by Gasteiger charge is -2.03. The molecule has 0 amide bonds. The predicted octanol–water partition coefficient (Wildman–Crippen LogP) is 0.763. The third-order valence-corrected chi connectivity index (χ3v) is 1.53. The van der Waals surface area contributed by atoms with Gasteiger partial charge in [0.2, 0.25) is 0 Å². The van der Waals surface area contributed by atoms with Gasteiger partial charge >= 0.3 is 0 Å². The largest absolute Gasteiger partial charge is 0.368 e. The van der Waals surface area contributed by atoms with Gasteiger partial charge in [-0.1, -0.05) is 19.7 Å². The Labute approximate surface area is 61.3 Å². The number of hydrogen-bond acceptors (Lipinski definition) is 2. The molecule has 10 heavy (non-hydrogen) atoms. The Morgan fingerprint density at radius 1 is 0.900 bits per heavy atom. The maximum atomic E-state index is 3.85. The van der Waals surface area contributed by atoms with Gasteiger partial charge in [-0.2, -0.15) is 0 Å². The van der Waals surface area contributed by atoms with E-state index in [1.54, 1.807) is 0 Å². The van der Waals surface area contributed by atoms with Crippen molar-refractivity contribution in [2.45, 2.75) is 0 Å². The lowest BCUT2D eigenvalue weighted by atomic mass is 10.1. The van der Waals surface area contributed by atoms with E-state index < -0.39 is 0 Å². The Morgan fingerprint density at radius 2 is 1.30 bits per heavy atom. The minimum atomic E-state index is 0.755. The molecule has 1 heterocycles. The van der Waals surface area contributed by atoms with Crippen LogP contribution < -0.4 is 10.6 Å². The molecule has 2 N–H and O–H groups in total. The molecule has 0 saturated carbocycles.